The van der Waals surface area contributed by atoms with E-state index in [9.17, 15) is 0 Å². The zero-order chi connectivity index (χ0) is 12.3. The van der Waals surface area contributed by atoms with Crippen molar-refractivity contribution in [3.63, 3.8) is 0 Å². The molecular weight excluding hydrogens is 208 g/mol. The van der Waals surface area contributed by atoms with Crippen molar-refractivity contribution in [2.45, 2.75) is 25.4 Å². The average molecular weight is 228 g/mol. The smallest absolute Gasteiger partial charge is 0.0338 e. The first-order valence-electron chi connectivity index (χ1n) is 6.13. The SMILES string of the molecule is CNC(CC(C)N)c1cccc2ccccc12. The Kier molecular flexibility index (Phi) is 3.77. The van der Waals surface area contributed by atoms with Crippen LogP contribution in [0.1, 0.15) is 24.9 Å². The van der Waals surface area contributed by atoms with E-state index in [1.165, 1.54) is 16.3 Å². The molecule has 0 saturated carbocycles. The van der Waals surface area contributed by atoms with Crippen LogP contribution in [0.4, 0.5) is 0 Å². The number of hydrogen-bond acceptors (Lipinski definition) is 2. The van der Waals surface area contributed by atoms with Crippen LogP contribution in [-0.4, -0.2) is 13.1 Å². The molecular formula is C15H20N2. The van der Waals surface area contributed by atoms with Gasteiger partial charge in [0.05, 0.1) is 0 Å². The third kappa shape index (κ3) is 2.65. The lowest BCUT2D eigenvalue weighted by Gasteiger charge is -2.20. The first-order valence-corrected chi connectivity index (χ1v) is 6.13. The van der Waals surface area contributed by atoms with Gasteiger partial charge in [0.1, 0.15) is 0 Å². The molecule has 0 heterocycles. The van der Waals surface area contributed by atoms with Crippen molar-refractivity contribution >= 4 is 10.8 Å². The van der Waals surface area contributed by atoms with Crippen LogP contribution in [0.25, 0.3) is 10.8 Å². The van der Waals surface area contributed by atoms with Crippen LogP contribution in [0.15, 0.2) is 42.5 Å². The number of hydrogen-bond donors (Lipinski definition) is 2. The van der Waals surface area contributed by atoms with Crippen molar-refractivity contribution in [1.29, 1.82) is 0 Å². The molecule has 0 aliphatic rings. The van der Waals surface area contributed by atoms with Crippen LogP contribution in [-0.2, 0) is 0 Å². The van der Waals surface area contributed by atoms with Gasteiger partial charge < -0.3 is 11.1 Å². The summed E-state index contributed by atoms with van der Waals surface area (Å²) in [6.07, 6.45) is 0.949. The van der Waals surface area contributed by atoms with Crippen molar-refractivity contribution in [3.8, 4) is 0 Å². The molecule has 2 heteroatoms. The lowest BCUT2D eigenvalue weighted by atomic mass is 9.95. The number of fused-ring (bicyclic) bond motifs is 1. The van der Waals surface area contributed by atoms with E-state index in [1.807, 2.05) is 7.05 Å². The van der Waals surface area contributed by atoms with E-state index < -0.39 is 0 Å². The molecule has 0 saturated heterocycles. The molecule has 0 bridgehead atoms. The summed E-state index contributed by atoms with van der Waals surface area (Å²) in [7, 11) is 1.99. The minimum absolute atomic E-state index is 0.200. The third-order valence-corrected chi connectivity index (χ3v) is 3.15. The fraction of sp³-hybridized carbons (Fsp3) is 0.333. The molecule has 2 atom stereocenters. The van der Waals surface area contributed by atoms with Gasteiger partial charge in [-0.3, -0.25) is 0 Å². The average Bonchev–Trinajstić information content (AvgIpc) is 2.35. The summed E-state index contributed by atoms with van der Waals surface area (Å²) in [6.45, 7) is 2.05. The van der Waals surface area contributed by atoms with Crippen LogP contribution in [0, 0.1) is 0 Å². The second-order valence-corrected chi connectivity index (χ2v) is 4.62. The van der Waals surface area contributed by atoms with Crippen molar-refractivity contribution in [2.75, 3.05) is 7.05 Å². The van der Waals surface area contributed by atoms with E-state index in [2.05, 4.69) is 54.7 Å². The van der Waals surface area contributed by atoms with Gasteiger partial charge in [0, 0.05) is 12.1 Å². The van der Waals surface area contributed by atoms with E-state index >= 15 is 0 Å². The zero-order valence-electron chi connectivity index (χ0n) is 10.5. The number of benzene rings is 2. The van der Waals surface area contributed by atoms with Crippen LogP contribution in [0.3, 0.4) is 0 Å². The molecule has 0 amide bonds. The van der Waals surface area contributed by atoms with Gasteiger partial charge >= 0.3 is 0 Å². The zero-order valence-corrected chi connectivity index (χ0v) is 10.5. The molecule has 0 spiro atoms. The second-order valence-electron chi connectivity index (χ2n) is 4.62. The Labute approximate surface area is 103 Å². The lowest BCUT2D eigenvalue weighted by Crippen LogP contribution is -2.25. The van der Waals surface area contributed by atoms with E-state index in [4.69, 9.17) is 5.73 Å². The molecule has 2 aromatic rings. The van der Waals surface area contributed by atoms with Crippen LogP contribution >= 0.6 is 0 Å². The molecule has 0 radical (unpaired) electrons. The normalized spacial score (nSPS) is 14.8. The highest BCUT2D eigenvalue weighted by Gasteiger charge is 2.13. The van der Waals surface area contributed by atoms with Gasteiger partial charge in [0.2, 0.25) is 0 Å². The standard InChI is InChI=1S/C15H20N2/c1-11(16)10-15(17-2)14-9-5-7-12-6-3-4-8-13(12)14/h3-9,11,15,17H,10,16H2,1-2H3. The molecule has 2 unspecified atom stereocenters. The van der Waals surface area contributed by atoms with Crippen molar-refractivity contribution in [3.05, 3.63) is 48.0 Å². The first kappa shape index (κ1) is 12.1. The van der Waals surface area contributed by atoms with E-state index in [1.54, 1.807) is 0 Å². The fourth-order valence-electron chi connectivity index (χ4n) is 2.33. The molecule has 3 N–H and O–H groups in total. The fourth-order valence-corrected chi connectivity index (χ4v) is 2.33. The maximum Gasteiger partial charge on any atom is 0.0338 e. The highest BCUT2D eigenvalue weighted by atomic mass is 14.9. The minimum atomic E-state index is 0.200. The van der Waals surface area contributed by atoms with E-state index in [0.29, 0.717) is 6.04 Å². The molecule has 90 valence electrons. The Balaban J connectivity index is 2.46. The van der Waals surface area contributed by atoms with Crippen molar-refractivity contribution in [2.24, 2.45) is 5.73 Å². The van der Waals surface area contributed by atoms with Crippen LogP contribution in [0.5, 0.6) is 0 Å². The quantitative estimate of drug-likeness (QED) is 0.844. The Hall–Kier alpha value is -1.38. The summed E-state index contributed by atoms with van der Waals surface area (Å²) in [6, 6.07) is 15.5. The van der Waals surface area contributed by atoms with Gasteiger partial charge in [-0.2, -0.15) is 0 Å². The molecule has 0 fully saturated rings. The number of nitrogens with one attached hydrogen (secondary N) is 1. The number of nitrogens with two attached hydrogens (primary N) is 1. The topological polar surface area (TPSA) is 38.0 Å². The van der Waals surface area contributed by atoms with Crippen LogP contribution < -0.4 is 11.1 Å². The van der Waals surface area contributed by atoms with Gasteiger partial charge in [-0.1, -0.05) is 42.5 Å². The molecule has 17 heavy (non-hydrogen) atoms. The lowest BCUT2D eigenvalue weighted by molar-refractivity contribution is 0.502. The third-order valence-electron chi connectivity index (χ3n) is 3.15. The Bertz CT molecular complexity index is 486. The van der Waals surface area contributed by atoms with Crippen molar-refractivity contribution < 1.29 is 0 Å². The Morgan fingerprint density at radius 2 is 1.82 bits per heavy atom. The summed E-state index contributed by atoms with van der Waals surface area (Å²) in [5.41, 5.74) is 7.25. The maximum absolute atomic E-state index is 5.91. The summed E-state index contributed by atoms with van der Waals surface area (Å²) >= 11 is 0. The maximum atomic E-state index is 5.91. The second kappa shape index (κ2) is 5.30. The van der Waals surface area contributed by atoms with Crippen molar-refractivity contribution in [1.82, 2.24) is 5.32 Å². The monoisotopic (exact) mass is 228 g/mol. The van der Waals surface area contributed by atoms with Gasteiger partial charge in [-0.05, 0) is 36.7 Å². The first-order chi connectivity index (χ1) is 8.22. The minimum Gasteiger partial charge on any atom is -0.328 e. The largest absolute Gasteiger partial charge is 0.328 e. The Morgan fingerprint density at radius 1 is 1.12 bits per heavy atom. The van der Waals surface area contributed by atoms with Gasteiger partial charge in [0.15, 0.2) is 0 Å². The molecule has 2 nitrogen and oxygen atoms in total. The predicted molar refractivity (Wildman–Crippen MR) is 74.0 cm³/mol. The molecule has 0 aliphatic carbocycles. The van der Waals surface area contributed by atoms with Gasteiger partial charge in [0.25, 0.3) is 0 Å². The van der Waals surface area contributed by atoms with E-state index in [0.717, 1.165) is 6.42 Å². The van der Waals surface area contributed by atoms with E-state index in [-0.39, 0.29) is 6.04 Å². The van der Waals surface area contributed by atoms with Gasteiger partial charge in [-0.25, -0.2) is 0 Å². The highest BCUT2D eigenvalue weighted by Crippen LogP contribution is 2.26. The molecule has 2 rings (SSSR count). The van der Waals surface area contributed by atoms with Crippen LogP contribution in [0.2, 0.25) is 0 Å². The summed E-state index contributed by atoms with van der Waals surface area (Å²) < 4.78 is 0. The summed E-state index contributed by atoms with van der Waals surface area (Å²) in [4.78, 5) is 0. The molecule has 2 aromatic carbocycles. The Morgan fingerprint density at radius 3 is 2.53 bits per heavy atom. The molecule has 0 aromatic heterocycles. The number of rotatable bonds is 4. The molecule has 0 aliphatic heterocycles. The highest BCUT2D eigenvalue weighted by molar-refractivity contribution is 5.86. The summed E-state index contributed by atoms with van der Waals surface area (Å²) in [5.74, 6) is 0. The predicted octanol–water partition coefficient (Wildman–Crippen LogP) is 2.84. The van der Waals surface area contributed by atoms with Gasteiger partial charge in [-0.15, -0.1) is 0 Å². The summed E-state index contributed by atoms with van der Waals surface area (Å²) in [5, 5.41) is 5.96.